The smallest absolute Gasteiger partial charge is 0.135 e. The molecule has 0 amide bonds. The standard InChI is InChI=1S/C48H47N4O.Pt/c1-46(2,3)32-21-24-39(48(7,8)9)44(27-32)51-31-50(41-19-12-13-20-42(41)51)34-15-14-16-35(29-34)53-36-22-23-38-37-17-10-11-18-40(37)52(43(38)30-36)45-28-33(25-26-49-45)47(4,5)6;/h10-28,31H,1-9H3;/q-3;. The van der Waals surface area contributed by atoms with Gasteiger partial charge in [0.2, 0.25) is 0 Å². The number of anilines is 4. The van der Waals surface area contributed by atoms with Crippen LogP contribution in [0.15, 0.2) is 115 Å². The minimum Gasteiger partial charge on any atom is -0.509 e. The number of aromatic nitrogens is 2. The Hall–Kier alpha value is -4.86. The number of benzene rings is 5. The molecular weight excluding hydrogens is 844 g/mol. The number of fused-ring (bicyclic) bond motifs is 4. The molecule has 54 heavy (non-hydrogen) atoms. The third-order valence-electron chi connectivity index (χ3n) is 10.2. The Morgan fingerprint density at radius 3 is 1.96 bits per heavy atom. The molecule has 278 valence electrons. The van der Waals surface area contributed by atoms with E-state index >= 15 is 0 Å². The second-order valence-corrected chi connectivity index (χ2v) is 17.2. The first-order valence-corrected chi connectivity index (χ1v) is 18.5. The van der Waals surface area contributed by atoms with Crippen molar-refractivity contribution < 1.29 is 25.8 Å². The Morgan fingerprint density at radius 1 is 0.574 bits per heavy atom. The van der Waals surface area contributed by atoms with Crippen LogP contribution in [0, 0.1) is 18.8 Å². The zero-order chi connectivity index (χ0) is 37.3. The average molecular weight is 891 g/mol. The van der Waals surface area contributed by atoms with Crippen LogP contribution in [0.3, 0.4) is 0 Å². The maximum atomic E-state index is 6.57. The van der Waals surface area contributed by atoms with E-state index in [1.54, 1.807) is 0 Å². The Bertz CT molecular complexity index is 2490. The molecule has 0 fully saturated rings. The molecule has 0 unspecified atom stereocenters. The summed E-state index contributed by atoms with van der Waals surface area (Å²) in [5, 5.41) is 2.25. The Labute approximate surface area is 334 Å². The van der Waals surface area contributed by atoms with Crippen molar-refractivity contribution in [2.45, 2.75) is 78.6 Å². The zero-order valence-electron chi connectivity index (χ0n) is 32.6. The van der Waals surface area contributed by atoms with E-state index in [1.165, 1.54) is 22.4 Å². The molecule has 3 heterocycles. The summed E-state index contributed by atoms with van der Waals surface area (Å²) in [6.45, 7) is 22.5. The fourth-order valence-corrected chi connectivity index (χ4v) is 7.26. The first kappa shape index (κ1) is 37.5. The molecule has 0 radical (unpaired) electrons. The van der Waals surface area contributed by atoms with E-state index < -0.39 is 0 Å². The third kappa shape index (κ3) is 6.84. The van der Waals surface area contributed by atoms with Crippen LogP contribution in [0.1, 0.15) is 79.0 Å². The van der Waals surface area contributed by atoms with E-state index in [0.717, 1.165) is 44.7 Å². The first-order valence-electron chi connectivity index (χ1n) is 18.5. The van der Waals surface area contributed by atoms with E-state index in [9.17, 15) is 0 Å². The minimum atomic E-state index is -0.0450. The summed E-state index contributed by atoms with van der Waals surface area (Å²) >= 11 is 0. The van der Waals surface area contributed by atoms with E-state index in [-0.39, 0.29) is 37.3 Å². The molecule has 8 rings (SSSR count). The molecule has 0 saturated carbocycles. The van der Waals surface area contributed by atoms with Crippen LogP contribution >= 0.6 is 0 Å². The molecule has 0 N–H and O–H groups in total. The first-order chi connectivity index (χ1) is 25.2. The Kier molecular flexibility index (Phi) is 9.55. The maximum absolute atomic E-state index is 6.57. The molecule has 1 aliphatic heterocycles. The molecule has 5 aromatic carbocycles. The van der Waals surface area contributed by atoms with Gasteiger partial charge in [-0.1, -0.05) is 110 Å². The van der Waals surface area contributed by atoms with Gasteiger partial charge in [-0.05, 0) is 74.7 Å². The topological polar surface area (TPSA) is 33.5 Å². The molecule has 0 saturated heterocycles. The Balaban J connectivity index is 0.00000450. The summed E-state index contributed by atoms with van der Waals surface area (Å²) in [6.07, 6.45) is 1.90. The predicted molar refractivity (Wildman–Crippen MR) is 220 cm³/mol. The van der Waals surface area contributed by atoms with Gasteiger partial charge in [0.1, 0.15) is 5.82 Å². The van der Waals surface area contributed by atoms with Gasteiger partial charge in [0.25, 0.3) is 0 Å². The quantitative estimate of drug-likeness (QED) is 0.161. The number of para-hydroxylation sites is 3. The van der Waals surface area contributed by atoms with Crippen molar-refractivity contribution in [2.24, 2.45) is 0 Å². The van der Waals surface area contributed by atoms with Gasteiger partial charge in [-0.2, -0.15) is 12.1 Å². The van der Waals surface area contributed by atoms with Crippen LogP contribution in [-0.2, 0) is 37.3 Å². The van der Waals surface area contributed by atoms with Crippen molar-refractivity contribution in [2.75, 3.05) is 9.80 Å². The van der Waals surface area contributed by atoms with Gasteiger partial charge < -0.3 is 19.1 Å². The van der Waals surface area contributed by atoms with Gasteiger partial charge in [-0.25, -0.2) is 4.98 Å². The fraction of sp³-hybridized carbons (Fsp3) is 0.250. The summed E-state index contributed by atoms with van der Waals surface area (Å²) in [5.74, 6) is 2.09. The van der Waals surface area contributed by atoms with E-state index in [2.05, 4.69) is 186 Å². The number of ether oxygens (including phenoxy) is 1. The molecule has 7 aromatic rings. The van der Waals surface area contributed by atoms with Gasteiger partial charge in [-0.15, -0.1) is 48.1 Å². The number of hydrogen-bond donors (Lipinski definition) is 0. The van der Waals surface area contributed by atoms with Crippen LogP contribution in [0.4, 0.5) is 22.7 Å². The van der Waals surface area contributed by atoms with Gasteiger partial charge in [0, 0.05) is 61.3 Å². The molecule has 5 nitrogen and oxygen atoms in total. The van der Waals surface area contributed by atoms with Crippen LogP contribution in [-0.4, -0.2) is 9.55 Å². The summed E-state index contributed by atoms with van der Waals surface area (Å²) in [6, 6.07) is 45.6. The molecule has 0 bridgehead atoms. The second kappa shape index (κ2) is 13.8. The van der Waals surface area contributed by atoms with Crippen molar-refractivity contribution in [3.8, 4) is 17.3 Å². The number of hydrogen-bond acceptors (Lipinski definition) is 4. The summed E-state index contributed by atoms with van der Waals surface area (Å²) in [4.78, 5) is 9.36. The van der Waals surface area contributed by atoms with Crippen molar-refractivity contribution in [3.05, 3.63) is 151 Å². The summed E-state index contributed by atoms with van der Waals surface area (Å²) in [7, 11) is 0. The van der Waals surface area contributed by atoms with Gasteiger partial charge in [-0.3, -0.25) is 0 Å². The molecule has 2 aromatic heterocycles. The van der Waals surface area contributed by atoms with Crippen LogP contribution < -0.4 is 14.5 Å². The predicted octanol–water partition coefficient (Wildman–Crippen LogP) is 12.9. The van der Waals surface area contributed by atoms with E-state index in [4.69, 9.17) is 9.72 Å². The van der Waals surface area contributed by atoms with Crippen LogP contribution in [0.25, 0.3) is 27.6 Å². The number of nitrogens with zero attached hydrogens (tertiary/aromatic N) is 4. The van der Waals surface area contributed by atoms with Crippen molar-refractivity contribution in [1.82, 2.24) is 9.55 Å². The van der Waals surface area contributed by atoms with Crippen LogP contribution in [0.2, 0.25) is 0 Å². The van der Waals surface area contributed by atoms with E-state index in [1.807, 2.05) is 24.4 Å². The molecule has 0 spiro atoms. The van der Waals surface area contributed by atoms with Gasteiger partial charge in [0.05, 0.1) is 0 Å². The number of rotatable bonds is 5. The second-order valence-electron chi connectivity index (χ2n) is 17.2. The van der Waals surface area contributed by atoms with Crippen LogP contribution in [0.5, 0.6) is 11.5 Å². The van der Waals surface area contributed by atoms with Crippen molar-refractivity contribution in [3.63, 3.8) is 0 Å². The van der Waals surface area contributed by atoms with Crippen molar-refractivity contribution >= 4 is 44.6 Å². The zero-order valence-corrected chi connectivity index (χ0v) is 34.8. The van der Waals surface area contributed by atoms with E-state index in [0.29, 0.717) is 11.5 Å². The summed E-state index contributed by atoms with van der Waals surface area (Å²) < 4.78 is 8.76. The monoisotopic (exact) mass is 890 g/mol. The largest absolute Gasteiger partial charge is 0.509 e. The van der Waals surface area contributed by atoms with Gasteiger partial charge >= 0.3 is 0 Å². The molecule has 0 aliphatic carbocycles. The molecular formula is C48H47N4OPt-3. The Morgan fingerprint density at radius 2 is 1.24 bits per heavy atom. The number of pyridine rings is 1. The molecule has 6 heteroatoms. The average Bonchev–Trinajstić information content (AvgIpc) is 3.66. The molecule has 0 atom stereocenters. The molecule has 1 aliphatic rings. The van der Waals surface area contributed by atoms with Crippen molar-refractivity contribution in [1.29, 1.82) is 0 Å². The SMILES string of the molecule is CC(C)(C)c1ccnc(-n2c3[c-]c(Oc4[c-]c(N5[CH-]N(c6cc(C(C)(C)C)ccc6C(C)(C)C)c6ccccc65)ccc4)ccc3c3ccccc32)c1.[Pt]. The normalized spacial score (nSPS) is 13.4. The summed E-state index contributed by atoms with van der Waals surface area (Å²) in [5.41, 5.74) is 10.1. The fourth-order valence-electron chi connectivity index (χ4n) is 7.26. The minimum absolute atomic E-state index is 0. The maximum Gasteiger partial charge on any atom is 0.135 e. The third-order valence-corrected chi connectivity index (χ3v) is 10.2. The van der Waals surface area contributed by atoms with Gasteiger partial charge in [0.15, 0.2) is 0 Å².